The molecule has 16 heavy (non-hydrogen) atoms. The maximum atomic E-state index is 11.9. The van der Waals surface area contributed by atoms with Gasteiger partial charge in [-0.1, -0.05) is 19.3 Å². The van der Waals surface area contributed by atoms with Crippen molar-refractivity contribution in [3.05, 3.63) is 0 Å². The molecule has 1 heterocycles. The highest BCUT2D eigenvalue weighted by molar-refractivity contribution is 5.85. The van der Waals surface area contributed by atoms with Gasteiger partial charge >= 0.3 is 0 Å². The molecule has 0 radical (unpaired) electrons. The second-order valence-electron chi connectivity index (χ2n) is 5.36. The Hall–Kier alpha value is -0.280. The third-order valence-corrected chi connectivity index (χ3v) is 4.38. The molecular formula is C12H21ClN2O. The molecule has 0 aromatic heterocycles. The minimum Gasteiger partial charge on any atom is -0.352 e. The number of carbonyl (C=O) groups excluding carboxylic acids is 1. The van der Waals surface area contributed by atoms with Crippen LogP contribution in [0.1, 0.15) is 32.1 Å². The Morgan fingerprint density at radius 3 is 2.31 bits per heavy atom. The lowest BCUT2D eigenvalue weighted by atomic mass is 9.88. The Balaban J connectivity index is 0.000000963. The van der Waals surface area contributed by atoms with Gasteiger partial charge < -0.3 is 10.6 Å². The molecule has 2 atom stereocenters. The number of carbonyl (C=O) groups is 1. The van der Waals surface area contributed by atoms with Gasteiger partial charge in [-0.2, -0.15) is 0 Å². The van der Waals surface area contributed by atoms with Crippen molar-refractivity contribution < 1.29 is 4.79 Å². The van der Waals surface area contributed by atoms with Gasteiger partial charge in [-0.25, -0.2) is 0 Å². The number of fused-ring (bicyclic) bond motifs is 1. The average Bonchev–Trinajstić information content (AvgIpc) is 2.75. The number of piperidine rings is 1. The Labute approximate surface area is 103 Å². The van der Waals surface area contributed by atoms with Crippen molar-refractivity contribution in [2.45, 2.75) is 38.1 Å². The molecule has 92 valence electrons. The predicted molar refractivity (Wildman–Crippen MR) is 65.6 cm³/mol. The van der Waals surface area contributed by atoms with Crippen molar-refractivity contribution >= 4 is 18.3 Å². The second-order valence-corrected chi connectivity index (χ2v) is 5.36. The fourth-order valence-electron chi connectivity index (χ4n) is 3.28. The molecule has 3 fully saturated rings. The number of rotatable bonds is 2. The van der Waals surface area contributed by atoms with E-state index in [1.54, 1.807) is 0 Å². The summed E-state index contributed by atoms with van der Waals surface area (Å²) >= 11 is 0. The molecule has 2 unspecified atom stereocenters. The highest BCUT2D eigenvalue weighted by Gasteiger charge is 2.53. The number of hydrogen-bond acceptors (Lipinski definition) is 2. The molecule has 3 rings (SSSR count). The highest BCUT2D eigenvalue weighted by atomic mass is 35.5. The van der Waals surface area contributed by atoms with Gasteiger partial charge in [0.25, 0.3) is 0 Å². The van der Waals surface area contributed by atoms with Crippen LogP contribution in [-0.4, -0.2) is 25.0 Å². The van der Waals surface area contributed by atoms with E-state index in [-0.39, 0.29) is 12.4 Å². The van der Waals surface area contributed by atoms with Gasteiger partial charge in [0, 0.05) is 25.0 Å². The summed E-state index contributed by atoms with van der Waals surface area (Å²) < 4.78 is 0. The van der Waals surface area contributed by atoms with Crippen molar-refractivity contribution in [1.82, 2.24) is 10.6 Å². The largest absolute Gasteiger partial charge is 0.352 e. The molecule has 2 aliphatic carbocycles. The van der Waals surface area contributed by atoms with Gasteiger partial charge in [0.2, 0.25) is 5.91 Å². The van der Waals surface area contributed by atoms with E-state index in [1.165, 1.54) is 19.3 Å². The standard InChI is InChI=1S/C12H20N2O.ClH/c15-12(8-4-2-1-3-5-8)14-11-9-6-13-7-10(9)11;/h8-11,13H,1-7H2,(H,14,15);1H. The van der Waals surface area contributed by atoms with E-state index >= 15 is 0 Å². The lowest BCUT2D eigenvalue weighted by molar-refractivity contribution is -0.126. The normalized spacial score (nSPS) is 37.4. The summed E-state index contributed by atoms with van der Waals surface area (Å²) in [5, 5.41) is 6.60. The van der Waals surface area contributed by atoms with Gasteiger partial charge in [0.05, 0.1) is 0 Å². The van der Waals surface area contributed by atoms with Crippen LogP contribution >= 0.6 is 12.4 Å². The van der Waals surface area contributed by atoms with Gasteiger partial charge in [-0.15, -0.1) is 12.4 Å². The van der Waals surface area contributed by atoms with Crippen LogP contribution < -0.4 is 10.6 Å². The molecule has 1 amide bonds. The number of hydrogen-bond donors (Lipinski definition) is 2. The summed E-state index contributed by atoms with van der Waals surface area (Å²) in [6.45, 7) is 2.22. The first-order valence-corrected chi connectivity index (χ1v) is 6.37. The maximum Gasteiger partial charge on any atom is 0.223 e. The molecule has 3 nitrogen and oxygen atoms in total. The monoisotopic (exact) mass is 244 g/mol. The minimum atomic E-state index is 0. The van der Waals surface area contributed by atoms with E-state index in [2.05, 4.69) is 10.6 Å². The maximum absolute atomic E-state index is 11.9. The molecule has 4 heteroatoms. The van der Waals surface area contributed by atoms with E-state index in [4.69, 9.17) is 0 Å². The number of halogens is 1. The van der Waals surface area contributed by atoms with Crippen molar-refractivity contribution in [3.8, 4) is 0 Å². The van der Waals surface area contributed by atoms with Gasteiger partial charge in [0.15, 0.2) is 0 Å². The number of amides is 1. The van der Waals surface area contributed by atoms with Gasteiger partial charge in [-0.3, -0.25) is 4.79 Å². The fourth-order valence-corrected chi connectivity index (χ4v) is 3.28. The molecule has 0 bridgehead atoms. The summed E-state index contributed by atoms with van der Waals surface area (Å²) in [5.41, 5.74) is 0. The van der Waals surface area contributed by atoms with Gasteiger partial charge in [-0.05, 0) is 24.7 Å². The van der Waals surface area contributed by atoms with E-state index in [9.17, 15) is 4.79 Å². The SMILES string of the molecule is Cl.O=C(NC1C2CNCC21)C1CCCCC1. The van der Waals surface area contributed by atoms with Crippen LogP contribution in [0.2, 0.25) is 0 Å². The van der Waals surface area contributed by atoms with Crippen molar-refractivity contribution in [3.63, 3.8) is 0 Å². The third kappa shape index (κ3) is 2.21. The lowest BCUT2D eigenvalue weighted by Crippen LogP contribution is -2.37. The minimum absolute atomic E-state index is 0. The highest BCUT2D eigenvalue weighted by Crippen LogP contribution is 2.42. The molecule has 0 spiro atoms. The predicted octanol–water partition coefficient (Wildman–Crippen LogP) is 1.32. The van der Waals surface area contributed by atoms with Crippen LogP contribution in [-0.2, 0) is 4.79 Å². The third-order valence-electron chi connectivity index (χ3n) is 4.38. The molecule has 1 aliphatic heterocycles. The van der Waals surface area contributed by atoms with Crippen molar-refractivity contribution in [2.24, 2.45) is 17.8 Å². The van der Waals surface area contributed by atoms with Crippen LogP contribution in [0.25, 0.3) is 0 Å². The first-order valence-electron chi connectivity index (χ1n) is 6.37. The molecule has 3 aliphatic rings. The summed E-state index contributed by atoms with van der Waals surface area (Å²) in [7, 11) is 0. The molecule has 2 N–H and O–H groups in total. The summed E-state index contributed by atoms with van der Waals surface area (Å²) in [6.07, 6.45) is 6.05. The average molecular weight is 245 g/mol. The summed E-state index contributed by atoms with van der Waals surface area (Å²) in [6, 6.07) is 0.515. The quantitative estimate of drug-likeness (QED) is 0.770. The fraction of sp³-hybridized carbons (Fsp3) is 0.917. The summed E-state index contributed by atoms with van der Waals surface area (Å²) in [4.78, 5) is 11.9. The summed E-state index contributed by atoms with van der Waals surface area (Å²) in [5.74, 6) is 2.16. The van der Waals surface area contributed by atoms with Crippen molar-refractivity contribution in [1.29, 1.82) is 0 Å². The first kappa shape index (κ1) is 12.2. The lowest BCUT2D eigenvalue weighted by Gasteiger charge is -2.21. The topological polar surface area (TPSA) is 41.1 Å². The Morgan fingerprint density at radius 2 is 1.69 bits per heavy atom. The Morgan fingerprint density at radius 1 is 1.06 bits per heavy atom. The smallest absolute Gasteiger partial charge is 0.223 e. The zero-order valence-electron chi connectivity index (χ0n) is 9.58. The molecule has 2 saturated carbocycles. The van der Waals surface area contributed by atoms with Crippen LogP contribution in [0.3, 0.4) is 0 Å². The first-order chi connectivity index (χ1) is 7.36. The van der Waals surface area contributed by atoms with E-state index < -0.39 is 0 Å². The molecule has 0 aromatic carbocycles. The zero-order chi connectivity index (χ0) is 10.3. The second kappa shape index (κ2) is 4.92. The van der Waals surface area contributed by atoms with Gasteiger partial charge in [0.1, 0.15) is 0 Å². The Bertz CT molecular complexity index is 256. The number of nitrogens with one attached hydrogen (secondary N) is 2. The zero-order valence-corrected chi connectivity index (χ0v) is 10.4. The van der Waals surface area contributed by atoms with Crippen LogP contribution in [0.5, 0.6) is 0 Å². The Kier molecular flexibility index (Phi) is 3.75. The van der Waals surface area contributed by atoms with E-state index in [1.807, 2.05) is 0 Å². The van der Waals surface area contributed by atoms with E-state index in [0.29, 0.717) is 17.9 Å². The van der Waals surface area contributed by atoms with Crippen molar-refractivity contribution in [2.75, 3.05) is 13.1 Å². The molecular weight excluding hydrogens is 224 g/mol. The molecule has 0 aromatic rings. The molecule has 1 saturated heterocycles. The van der Waals surface area contributed by atoms with Crippen LogP contribution in [0.4, 0.5) is 0 Å². The van der Waals surface area contributed by atoms with Crippen LogP contribution in [0.15, 0.2) is 0 Å². The van der Waals surface area contributed by atoms with E-state index in [0.717, 1.165) is 37.8 Å². The van der Waals surface area contributed by atoms with Crippen LogP contribution in [0, 0.1) is 17.8 Å².